The van der Waals surface area contributed by atoms with E-state index in [-0.39, 0.29) is 0 Å². The van der Waals surface area contributed by atoms with E-state index in [4.69, 9.17) is 0 Å². The molecular formula is C10H18N2O. The molecule has 0 aliphatic heterocycles. The third-order valence-electron chi connectivity index (χ3n) is 2.13. The van der Waals surface area contributed by atoms with Crippen LogP contribution in [0.1, 0.15) is 38.8 Å². The van der Waals surface area contributed by atoms with Crippen molar-refractivity contribution in [1.82, 2.24) is 9.78 Å². The van der Waals surface area contributed by atoms with Gasteiger partial charge in [0.25, 0.3) is 0 Å². The molecule has 0 unspecified atom stereocenters. The van der Waals surface area contributed by atoms with Gasteiger partial charge in [-0.15, -0.1) is 0 Å². The molecule has 3 nitrogen and oxygen atoms in total. The molecule has 0 bridgehead atoms. The standard InChI is InChI=1S/C10H18N2O/c1-3-5-6-9-10(13)8-11-12(9)7-4-2/h8,13H,3-7H2,1-2H3. The lowest BCUT2D eigenvalue weighted by atomic mass is 10.2. The van der Waals surface area contributed by atoms with Crippen molar-refractivity contribution in [2.75, 3.05) is 0 Å². The topological polar surface area (TPSA) is 38.1 Å². The fraction of sp³-hybridized carbons (Fsp3) is 0.700. The van der Waals surface area contributed by atoms with E-state index in [2.05, 4.69) is 18.9 Å². The van der Waals surface area contributed by atoms with Crippen LogP contribution in [0.25, 0.3) is 0 Å². The van der Waals surface area contributed by atoms with Gasteiger partial charge in [-0.05, 0) is 19.3 Å². The Labute approximate surface area is 79.4 Å². The van der Waals surface area contributed by atoms with Crippen LogP contribution < -0.4 is 0 Å². The molecule has 1 rings (SSSR count). The van der Waals surface area contributed by atoms with Gasteiger partial charge < -0.3 is 5.11 Å². The quantitative estimate of drug-likeness (QED) is 0.759. The van der Waals surface area contributed by atoms with Gasteiger partial charge >= 0.3 is 0 Å². The zero-order valence-corrected chi connectivity index (χ0v) is 8.45. The van der Waals surface area contributed by atoms with Gasteiger partial charge in [0, 0.05) is 6.54 Å². The molecule has 0 aliphatic carbocycles. The minimum absolute atomic E-state index is 0.349. The van der Waals surface area contributed by atoms with Gasteiger partial charge in [-0.2, -0.15) is 5.10 Å². The van der Waals surface area contributed by atoms with Crippen LogP contribution in [0.5, 0.6) is 5.75 Å². The molecule has 0 atom stereocenters. The minimum Gasteiger partial charge on any atom is -0.504 e. The van der Waals surface area contributed by atoms with Gasteiger partial charge in [0.2, 0.25) is 0 Å². The average molecular weight is 182 g/mol. The van der Waals surface area contributed by atoms with Crippen LogP contribution in [0.15, 0.2) is 6.20 Å². The maximum absolute atomic E-state index is 9.50. The second-order valence-corrected chi connectivity index (χ2v) is 3.30. The molecule has 1 heterocycles. The van der Waals surface area contributed by atoms with Crippen LogP contribution in [0.3, 0.4) is 0 Å². The first-order chi connectivity index (χ1) is 6.29. The molecule has 0 saturated carbocycles. The Kier molecular flexibility index (Phi) is 3.80. The highest BCUT2D eigenvalue weighted by Crippen LogP contribution is 2.18. The summed E-state index contributed by atoms with van der Waals surface area (Å²) in [4.78, 5) is 0. The van der Waals surface area contributed by atoms with Crippen LogP contribution in [0.4, 0.5) is 0 Å². The highest BCUT2D eigenvalue weighted by Gasteiger charge is 2.07. The highest BCUT2D eigenvalue weighted by atomic mass is 16.3. The fourth-order valence-corrected chi connectivity index (χ4v) is 1.41. The predicted molar refractivity (Wildman–Crippen MR) is 52.8 cm³/mol. The van der Waals surface area contributed by atoms with Crippen molar-refractivity contribution >= 4 is 0 Å². The number of aromatic nitrogens is 2. The molecule has 13 heavy (non-hydrogen) atoms. The third-order valence-corrected chi connectivity index (χ3v) is 2.13. The van der Waals surface area contributed by atoms with Crippen molar-refractivity contribution in [2.45, 2.75) is 46.1 Å². The number of aryl methyl sites for hydroxylation is 1. The van der Waals surface area contributed by atoms with Gasteiger partial charge in [-0.1, -0.05) is 20.3 Å². The molecule has 1 N–H and O–H groups in total. The van der Waals surface area contributed by atoms with Crippen molar-refractivity contribution in [3.8, 4) is 5.75 Å². The molecule has 0 saturated heterocycles. The predicted octanol–water partition coefficient (Wildman–Crippen LogP) is 2.34. The van der Waals surface area contributed by atoms with Gasteiger partial charge in [-0.3, -0.25) is 4.68 Å². The van der Waals surface area contributed by atoms with Crippen LogP contribution in [0.2, 0.25) is 0 Å². The summed E-state index contributed by atoms with van der Waals surface area (Å²) in [6.07, 6.45) is 5.79. The summed E-state index contributed by atoms with van der Waals surface area (Å²) in [7, 11) is 0. The van der Waals surface area contributed by atoms with E-state index in [1.165, 1.54) is 0 Å². The van der Waals surface area contributed by atoms with Crippen LogP contribution in [-0.4, -0.2) is 14.9 Å². The van der Waals surface area contributed by atoms with Gasteiger partial charge in [0.1, 0.15) is 0 Å². The first kappa shape index (κ1) is 10.1. The van der Waals surface area contributed by atoms with Crippen molar-refractivity contribution < 1.29 is 5.11 Å². The third kappa shape index (κ3) is 2.47. The van der Waals surface area contributed by atoms with E-state index in [0.29, 0.717) is 5.75 Å². The van der Waals surface area contributed by atoms with Crippen LogP contribution >= 0.6 is 0 Å². The van der Waals surface area contributed by atoms with Crippen molar-refractivity contribution in [1.29, 1.82) is 0 Å². The number of nitrogens with zero attached hydrogens (tertiary/aromatic N) is 2. The van der Waals surface area contributed by atoms with Gasteiger partial charge in [-0.25, -0.2) is 0 Å². The summed E-state index contributed by atoms with van der Waals surface area (Å²) in [6, 6.07) is 0. The Morgan fingerprint density at radius 2 is 2.15 bits per heavy atom. The zero-order chi connectivity index (χ0) is 9.68. The first-order valence-corrected chi connectivity index (χ1v) is 5.03. The van der Waals surface area contributed by atoms with Crippen molar-refractivity contribution in [3.63, 3.8) is 0 Å². The van der Waals surface area contributed by atoms with E-state index in [9.17, 15) is 5.11 Å². The molecule has 1 aromatic heterocycles. The summed E-state index contributed by atoms with van der Waals surface area (Å²) in [6.45, 7) is 5.17. The summed E-state index contributed by atoms with van der Waals surface area (Å²) < 4.78 is 1.91. The molecule has 1 aromatic rings. The van der Waals surface area contributed by atoms with E-state index in [0.717, 1.165) is 37.9 Å². The van der Waals surface area contributed by atoms with Crippen LogP contribution in [-0.2, 0) is 13.0 Å². The molecule has 0 radical (unpaired) electrons. The lowest BCUT2D eigenvalue weighted by molar-refractivity contribution is 0.459. The monoisotopic (exact) mass is 182 g/mol. The number of aromatic hydroxyl groups is 1. The molecule has 0 aliphatic rings. The Balaban J connectivity index is 2.69. The van der Waals surface area contributed by atoms with Gasteiger partial charge in [0.05, 0.1) is 11.9 Å². The summed E-state index contributed by atoms with van der Waals surface area (Å²) in [5.41, 5.74) is 0.990. The SMILES string of the molecule is CCCCc1c(O)cnn1CCC. The number of hydrogen-bond donors (Lipinski definition) is 1. The molecular weight excluding hydrogens is 164 g/mol. The number of rotatable bonds is 5. The normalized spacial score (nSPS) is 10.6. The summed E-state index contributed by atoms with van der Waals surface area (Å²) in [5, 5.41) is 13.6. The van der Waals surface area contributed by atoms with E-state index >= 15 is 0 Å². The zero-order valence-electron chi connectivity index (χ0n) is 8.45. The largest absolute Gasteiger partial charge is 0.504 e. The minimum atomic E-state index is 0.349. The smallest absolute Gasteiger partial charge is 0.156 e. The lowest BCUT2D eigenvalue weighted by Gasteiger charge is -2.05. The fourth-order valence-electron chi connectivity index (χ4n) is 1.41. The summed E-state index contributed by atoms with van der Waals surface area (Å²) in [5.74, 6) is 0.349. The Morgan fingerprint density at radius 1 is 1.38 bits per heavy atom. The lowest BCUT2D eigenvalue weighted by Crippen LogP contribution is -2.04. The van der Waals surface area contributed by atoms with Gasteiger partial charge in [0.15, 0.2) is 5.75 Å². The molecule has 0 amide bonds. The second kappa shape index (κ2) is 4.90. The van der Waals surface area contributed by atoms with E-state index in [1.54, 1.807) is 6.20 Å². The maximum atomic E-state index is 9.50. The molecule has 3 heteroatoms. The van der Waals surface area contributed by atoms with E-state index < -0.39 is 0 Å². The Morgan fingerprint density at radius 3 is 2.77 bits per heavy atom. The van der Waals surface area contributed by atoms with Crippen molar-refractivity contribution in [3.05, 3.63) is 11.9 Å². The molecule has 0 aromatic carbocycles. The number of unbranched alkanes of at least 4 members (excludes halogenated alkanes) is 1. The first-order valence-electron chi connectivity index (χ1n) is 5.03. The average Bonchev–Trinajstić information content (AvgIpc) is 2.45. The molecule has 0 fully saturated rings. The summed E-state index contributed by atoms with van der Waals surface area (Å²) >= 11 is 0. The second-order valence-electron chi connectivity index (χ2n) is 3.30. The molecule has 0 spiro atoms. The van der Waals surface area contributed by atoms with E-state index in [1.807, 2.05) is 4.68 Å². The number of hydrogen-bond acceptors (Lipinski definition) is 2. The van der Waals surface area contributed by atoms with Crippen LogP contribution in [0, 0.1) is 0 Å². The Bertz CT molecular complexity index is 255. The maximum Gasteiger partial charge on any atom is 0.156 e. The van der Waals surface area contributed by atoms with Crippen molar-refractivity contribution in [2.24, 2.45) is 0 Å². The Hall–Kier alpha value is -0.990. The highest BCUT2D eigenvalue weighted by molar-refractivity contribution is 5.23. The molecule has 74 valence electrons.